The molecule has 4 aromatic rings. The van der Waals surface area contributed by atoms with Crippen LogP contribution in [0.4, 0.5) is 24.7 Å². The number of para-hydroxylation sites is 1. The lowest BCUT2D eigenvalue weighted by Gasteiger charge is -2.38. The van der Waals surface area contributed by atoms with Crippen LogP contribution in [0.5, 0.6) is 0 Å². The average molecular weight is 530 g/mol. The van der Waals surface area contributed by atoms with Crippen molar-refractivity contribution in [1.82, 2.24) is 15.1 Å². The molecule has 0 unspecified atom stereocenters. The van der Waals surface area contributed by atoms with Crippen LogP contribution in [0.3, 0.4) is 0 Å². The maximum absolute atomic E-state index is 14.0. The molecule has 1 N–H and O–H groups in total. The molecule has 0 aliphatic carbocycles. The molecular formula is C29H22F3N5O2. The van der Waals surface area contributed by atoms with Crippen LogP contribution in [0.15, 0.2) is 85.1 Å². The molecule has 10 heteroatoms. The van der Waals surface area contributed by atoms with Crippen molar-refractivity contribution in [3.63, 3.8) is 0 Å². The fourth-order valence-electron chi connectivity index (χ4n) is 4.87. The summed E-state index contributed by atoms with van der Waals surface area (Å²) >= 11 is 0. The minimum atomic E-state index is -4.63. The highest BCUT2D eigenvalue weighted by molar-refractivity contribution is 6.05. The second-order valence-corrected chi connectivity index (χ2v) is 8.97. The highest BCUT2D eigenvalue weighted by Crippen LogP contribution is 2.42. The van der Waals surface area contributed by atoms with Gasteiger partial charge in [0.1, 0.15) is 11.9 Å². The Morgan fingerprint density at radius 2 is 1.79 bits per heavy atom. The third-order valence-electron chi connectivity index (χ3n) is 6.64. The molecule has 7 nitrogen and oxygen atoms in total. The molecule has 1 aromatic heterocycles. The van der Waals surface area contributed by atoms with Gasteiger partial charge >= 0.3 is 6.18 Å². The molecular weight excluding hydrogens is 507 g/mol. The van der Waals surface area contributed by atoms with Crippen molar-refractivity contribution in [1.29, 1.82) is 0 Å². The number of aromatic nitrogens is 2. The zero-order chi connectivity index (χ0) is 27.7. The van der Waals surface area contributed by atoms with E-state index in [0.29, 0.717) is 22.6 Å². The Bertz CT molecular complexity index is 1590. The minimum Gasteiger partial charge on any atom is -0.339 e. The highest BCUT2D eigenvalue weighted by atomic mass is 19.4. The summed E-state index contributed by atoms with van der Waals surface area (Å²) in [7, 11) is 0. The molecule has 39 heavy (non-hydrogen) atoms. The number of nitrogens with zero attached hydrogens (tertiary/aromatic N) is 4. The van der Waals surface area contributed by atoms with Gasteiger partial charge in [-0.2, -0.15) is 18.3 Å². The summed E-state index contributed by atoms with van der Waals surface area (Å²) in [5.41, 5.74) is 1.11. The van der Waals surface area contributed by atoms with Crippen molar-refractivity contribution in [3.8, 4) is 5.69 Å². The predicted octanol–water partition coefficient (Wildman–Crippen LogP) is 5.74. The van der Waals surface area contributed by atoms with E-state index < -0.39 is 35.5 Å². The van der Waals surface area contributed by atoms with Crippen LogP contribution in [0.1, 0.15) is 39.9 Å². The Morgan fingerprint density at radius 1 is 1.05 bits per heavy atom. The lowest BCUT2D eigenvalue weighted by atomic mass is 9.82. The molecule has 2 amide bonds. The SMILES string of the molecule is [C-]#[N+]c1cccc([C@@H]2c3cnn(-c4ccccc4)c3N(CC)C(=O)[C@H]2NC(=O)c2cccc(C(F)(F)F)c2)c1. The first-order chi connectivity index (χ1) is 18.7. The number of amides is 2. The molecule has 3 aromatic carbocycles. The Morgan fingerprint density at radius 3 is 2.49 bits per heavy atom. The summed E-state index contributed by atoms with van der Waals surface area (Å²) in [5, 5.41) is 7.25. The fraction of sp³-hybridized carbons (Fsp3) is 0.172. The summed E-state index contributed by atoms with van der Waals surface area (Å²) in [6.07, 6.45) is -3.00. The third kappa shape index (κ3) is 4.75. The summed E-state index contributed by atoms with van der Waals surface area (Å²) in [4.78, 5) is 32.2. The van der Waals surface area contributed by atoms with Crippen molar-refractivity contribution in [2.75, 3.05) is 11.4 Å². The zero-order valence-corrected chi connectivity index (χ0v) is 20.7. The van der Waals surface area contributed by atoms with Gasteiger partial charge in [-0.3, -0.25) is 14.5 Å². The Balaban J connectivity index is 1.63. The first kappa shape index (κ1) is 25.7. The van der Waals surface area contributed by atoms with Crippen LogP contribution in [0.25, 0.3) is 10.5 Å². The maximum atomic E-state index is 14.0. The van der Waals surface area contributed by atoms with Gasteiger partial charge in [0.15, 0.2) is 5.69 Å². The van der Waals surface area contributed by atoms with Crippen molar-refractivity contribution < 1.29 is 22.8 Å². The number of benzene rings is 3. The number of rotatable bonds is 5. The van der Waals surface area contributed by atoms with Gasteiger partial charge in [-0.05, 0) is 42.8 Å². The summed E-state index contributed by atoms with van der Waals surface area (Å²) in [6, 6.07) is 18.9. The van der Waals surface area contributed by atoms with Gasteiger partial charge in [-0.15, -0.1) is 0 Å². The van der Waals surface area contributed by atoms with Crippen LogP contribution in [0.2, 0.25) is 0 Å². The molecule has 0 bridgehead atoms. The van der Waals surface area contributed by atoms with E-state index in [4.69, 9.17) is 6.57 Å². The van der Waals surface area contributed by atoms with Gasteiger partial charge in [0.05, 0.1) is 24.0 Å². The van der Waals surface area contributed by atoms with E-state index >= 15 is 0 Å². The van der Waals surface area contributed by atoms with E-state index in [1.54, 1.807) is 42.1 Å². The topological polar surface area (TPSA) is 71.6 Å². The van der Waals surface area contributed by atoms with Crippen molar-refractivity contribution in [3.05, 3.63) is 119 Å². The van der Waals surface area contributed by atoms with Gasteiger partial charge in [0.2, 0.25) is 0 Å². The highest BCUT2D eigenvalue weighted by Gasteiger charge is 2.44. The van der Waals surface area contributed by atoms with Crippen LogP contribution in [0, 0.1) is 6.57 Å². The van der Waals surface area contributed by atoms with E-state index in [1.807, 2.05) is 30.3 Å². The normalized spacial score (nSPS) is 16.9. The monoisotopic (exact) mass is 529 g/mol. The number of fused-ring (bicyclic) bond motifs is 1. The first-order valence-corrected chi connectivity index (χ1v) is 12.1. The molecule has 196 valence electrons. The molecule has 5 rings (SSSR count). The second-order valence-electron chi connectivity index (χ2n) is 8.97. The van der Waals surface area contributed by atoms with E-state index in [1.165, 1.54) is 11.0 Å². The number of hydrogen-bond donors (Lipinski definition) is 1. The van der Waals surface area contributed by atoms with Crippen LogP contribution >= 0.6 is 0 Å². The number of carbonyl (C=O) groups is 2. The molecule has 0 saturated heterocycles. The minimum absolute atomic E-state index is 0.222. The molecule has 0 fully saturated rings. The van der Waals surface area contributed by atoms with Gasteiger partial charge in [0.25, 0.3) is 11.8 Å². The number of hydrogen-bond acceptors (Lipinski definition) is 3. The number of anilines is 1. The fourth-order valence-corrected chi connectivity index (χ4v) is 4.87. The molecule has 0 radical (unpaired) electrons. The number of nitrogens with one attached hydrogen (secondary N) is 1. The van der Waals surface area contributed by atoms with Gasteiger partial charge in [-0.1, -0.05) is 48.5 Å². The maximum Gasteiger partial charge on any atom is 0.416 e. The van der Waals surface area contributed by atoms with E-state index in [2.05, 4.69) is 15.3 Å². The average Bonchev–Trinajstić information content (AvgIpc) is 3.38. The summed E-state index contributed by atoms with van der Waals surface area (Å²) < 4.78 is 41.5. The van der Waals surface area contributed by atoms with Crippen LogP contribution in [-0.2, 0) is 11.0 Å². The van der Waals surface area contributed by atoms with E-state index in [9.17, 15) is 22.8 Å². The smallest absolute Gasteiger partial charge is 0.339 e. The standard InChI is InChI=1S/C29H22F3N5O2/c1-3-36-27-23(17-34-37(27)22-13-5-4-6-14-22)24(18-9-8-12-21(16-18)33-2)25(28(36)39)35-26(38)19-10-7-11-20(15-19)29(30,31)32/h4-17,24-25H,3H2,1H3,(H,35,38)/t24-,25+/m1/s1. The van der Waals surface area contributed by atoms with Crippen molar-refractivity contribution in [2.45, 2.75) is 25.1 Å². The van der Waals surface area contributed by atoms with Crippen molar-refractivity contribution in [2.24, 2.45) is 0 Å². The molecule has 2 heterocycles. The van der Waals surface area contributed by atoms with Crippen LogP contribution in [-0.4, -0.2) is 34.2 Å². The van der Waals surface area contributed by atoms with Crippen molar-refractivity contribution >= 4 is 23.3 Å². The number of halogens is 3. The molecule has 1 aliphatic heterocycles. The molecule has 0 spiro atoms. The predicted molar refractivity (Wildman–Crippen MR) is 139 cm³/mol. The number of carbonyl (C=O) groups excluding carboxylic acids is 2. The Kier molecular flexibility index (Phi) is 6.66. The lowest BCUT2D eigenvalue weighted by molar-refractivity contribution is -0.137. The van der Waals surface area contributed by atoms with Gasteiger partial charge in [0, 0.05) is 23.6 Å². The van der Waals surface area contributed by atoms with Gasteiger partial charge in [-0.25, -0.2) is 9.53 Å². The number of likely N-dealkylation sites (N-methyl/N-ethyl adjacent to an activating group) is 1. The van der Waals surface area contributed by atoms with Gasteiger partial charge < -0.3 is 5.32 Å². The Labute approximate surface area is 222 Å². The number of alkyl halides is 3. The molecule has 1 aliphatic rings. The zero-order valence-electron chi connectivity index (χ0n) is 20.7. The van der Waals surface area contributed by atoms with Crippen LogP contribution < -0.4 is 10.2 Å². The summed E-state index contributed by atoms with van der Waals surface area (Å²) in [5.74, 6) is -1.48. The molecule has 0 saturated carbocycles. The molecule has 2 atom stereocenters. The van der Waals surface area contributed by atoms with E-state index in [-0.39, 0.29) is 12.1 Å². The third-order valence-corrected chi connectivity index (χ3v) is 6.64. The van der Waals surface area contributed by atoms with E-state index in [0.717, 1.165) is 23.9 Å². The Hall–Kier alpha value is -4.91. The quantitative estimate of drug-likeness (QED) is 0.335. The lowest BCUT2D eigenvalue weighted by Crippen LogP contribution is -2.55. The first-order valence-electron chi connectivity index (χ1n) is 12.1. The summed E-state index contributed by atoms with van der Waals surface area (Å²) in [6.45, 7) is 9.48. The second kappa shape index (κ2) is 10.1. The largest absolute Gasteiger partial charge is 0.416 e.